The number of nitrogens with one attached hydrogen (secondary N) is 1. The van der Waals surface area contributed by atoms with Gasteiger partial charge >= 0.3 is 0 Å². The van der Waals surface area contributed by atoms with Gasteiger partial charge in [-0.2, -0.15) is 0 Å². The van der Waals surface area contributed by atoms with Gasteiger partial charge in [0.2, 0.25) is 5.95 Å². The van der Waals surface area contributed by atoms with Crippen LogP contribution in [0.15, 0.2) is 30.5 Å². The van der Waals surface area contributed by atoms with Gasteiger partial charge in [0.15, 0.2) is 0 Å². The Morgan fingerprint density at radius 2 is 2.05 bits per heavy atom. The van der Waals surface area contributed by atoms with Crippen molar-refractivity contribution in [3.05, 3.63) is 30.5 Å². The quantitative estimate of drug-likeness (QED) is 0.904. The number of hydrogen-bond donors (Lipinski definition) is 1. The zero-order valence-corrected chi connectivity index (χ0v) is 11.5. The second kappa shape index (κ2) is 5.55. The second-order valence-corrected chi connectivity index (χ2v) is 5.66. The molecule has 0 aliphatic heterocycles. The molecule has 1 aliphatic rings. The Bertz CT molecular complexity index is 552. The van der Waals surface area contributed by atoms with Gasteiger partial charge in [0.1, 0.15) is 0 Å². The lowest BCUT2D eigenvalue weighted by Crippen LogP contribution is -2.24. The van der Waals surface area contributed by atoms with Crippen LogP contribution in [0.4, 0.5) is 5.95 Å². The Kier molecular flexibility index (Phi) is 3.62. The van der Waals surface area contributed by atoms with Gasteiger partial charge in [-0.05, 0) is 24.3 Å². The fourth-order valence-electron chi connectivity index (χ4n) is 2.98. The molecule has 2 aromatic rings. The molecule has 1 N–H and O–H groups in total. The Balaban J connectivity index is 1.67. The van der Waals surface area contributed by atoms with Crippen molar-refractivity contribution in [2.45, 2.75) is 32.6 Å². The molecule has 1 aromatic carbocycles. The SMILES string of the molecule is CC1CCCCC1CNc1ncc2ccccc2n1. The van der Waals surface area contributed by atoms with Gasteiger partial charge in [-0.25, -0.2) is 9.97 Å². The molecule has 1 aliphatic carbocycles. The van der Waals surface area contributed by atoms with Crippen LogP contribution in [0.25, 0.3) is 10.9 Å². The van der Waals surface area contributed by atoms with E-state index < -0.39 is 0 Å². The van der Waals surface area contributed by atoms with Crippen molar-refractivity contribution in [2.75, 3.05) is 11.9 Å². The topological polar surface area (TPSA) is 37.8 Å². The van der Waals surface area contributed by atoms with E-state index in [4.69, 9.17) is 0 Å². The first kappa shape index (κ1) is 12.4. The van der Waals surface area contributed by atoms with E-state index in [9.17, 15) is 0 Å². The molecule has 0 spiro atoms. The molecule has 3 nitrogen and oxygen atoms in total. The fraction of sp³-hybridized carbons (Fsp3) is 0.500. The molecule has 3 rings (SSSR count). The molecule has 1 fully saturated rings. The third-order valence-corrected chi connectivity index (χ3v) is 4.30. The normalized spacial score (nSPS) is 23.4. The van der Waals surface area contributed by atoms with Crippen LogP contribution in [0.3, 0.4) is 0 Å². The Morgan fingerprint density at radius 1 is 1.21 bits per heavy atom. The monoisotopic (exact) mass is 255 g/mol. The molecule has 1 heterocycles. The van der Waals surface area contributed by atoms with Crippen molar-refractivity contribution in [3.63, 3.8) is 0 Å². The van der Waals surface area contributed by atoms with Crippen LogP contribution in [0.1, 0.15) is 32.6 Å². The van der Waals surface area contributed by atoms with Gasteiger partial charge in [0.05, 0.1) is 5.52 Å². The summed E-state index contributed by atoms with van der Waals surface area (Å²) in [7, 11) is 0. The van der Waals surface area contributed by atoms with E-state index in [0.717, 1.165) is 35.2 Å². The summed E-state index contributed by atoms with van der Waals surface area (Å²) in [6.07, 6.45) is 7.36. The number of benzene rings is 1. The highest BCUT2D eigenvalue weighted by molar-refractivity contribution is 5.78. The fourth-order valence-corrected chi connectivity index (χ4v) is 2.98. The van der Waals surface area contributed by atoms with Gasteiger partial charge in [0, 0.05) is 18.1 Å². The van der Waals surface area contributed by atoms with Crippen LogP contribution in [0.2, 0.25) is 0 Å². The van der Waals surface area contributed by atoms with Crippen LogP contribution in [-0.4, -0.2) is 16.5 Å². The lowest BCUT2D eigenvalue weighted by molar-refractivity contribution is 0.268. The number of anilines is 1. The Morgan fingerprint density at radius 3 is 2.95 bits per heavy atom. The van der Waals surface area contributed by atoms with Gasteiger partial charge in [-0.3, -0.25) is 0 Å². The molecule has 1 saturated carbocycles. The van der Waals surface area contributed by atoms with Crippen LogP contribution >= 0.6 is 0 Å². The third kappa shape index (κ3) is 2.86. The second-order valence-electron chi connectivity index (χ2n) is 5.66. The summed E-state index contributed by atoms with van der Waals surface area (Å²) in [6.45, 7) is 3.37. The lowest BCUT2D eigenvalue weighted by Gasteiger charge is -2.28. The van der Waals surface area contributed by atoms with E-state index in [1.165, 1.54) is 25.7 Å². The number of hydrogen-bond acceptors (Lipinski definition) is 3. The number of fused-ring (bicyclic) bond motifs is 1. The summed E-state index contributed by atoms with van der Waals surface area (Å²) >= 11 is 0. The van der Waals surface area contributed by atoms with Crippen molar-refractivity contribution in [3.8, 4) is 0 Å². The van der Waals surface area contributed by atoms with Crippen LogP contribution in [0, 0.1) is 11.8 Å². The van der Waals surface area contributed by atoms with Gasteiger partial charge in [-0.15, -0.1) is 0 Å². The summed E-state index contributed by atoms with van der Waals surface area (Å²) in [5.74, 6) is 2.35. The van der Waals surface area contributed by atoms with Crippen molar-refractivity contribution >= 4 is 16.9 Å². The number of para-hydroxylation sites is 1. The molecular weight excluding hydrogens is 234 g/mol. The maximum Gasteiger partial charge on any atom is 0.223 e. The molecule has 1 aromatic heterocycles. The largest absolute Gasteiger partial charge is 0.354 e. The molecule has 3 heteroatoms. The lowest BCUT2D eigenvalue weighted by atomic mass is 9.80. The Hall–Kier alpha value is -1.64. The zero-order valence-electron chi connectivity index (χ0n) is 11.5. The van der Waals surface area contributed by atoms with Gasteiger partial charge in [0.25, 0.3) is 0 Å². The molecule has 0 saturated heterocycles. The zero-order chi connectivity index (χ0) is 13.1. The number of rotatable bonds is 3. The van der Waals surface area contributed by atoms with E-state index in [0.29, 0.717) is 0 Å². The molecule has 100 valence electrons. The smallest absolute Gasteiger partial charge is 0.223 e. The van der Waals surface area contributed by atoms with Crippen molar-refractivity contribution < 1.29 is 0 Å². The molecule has 19 heavy (non-hydrogen) atoms. The predicted octanol–water partition coefficient (Wildman–Crippen LogP) is 3.87. The molecule has 2 atom stereocenters. The Labute approximate surface area is 114 Å². The summed E-state index contributed by atoms with van der Waals surface area (Å²) < 4.78 is 0. The van der Waals surface area contributed by atoms with Crippen molar-refractivity contribution in [2.24, 2.45) is 11.8 Å². The average molecular weight is 255 g/mol. The van der Waals surface area contributed by atoms with E-state index in [-0.39, 0.29) is 0 Å². The highest BCUT2D eigenvalue weighted by Crippen LogP contribution is 2.29. The molecule has 2 unspecified atom stereocenters. The highest BCUT2D eigenvalue weighted by Gasteiger charge is 2.21. The van der Waals surface area contributed by atoms with E-state index >= 15 is 0 Å². The number of aromatic nitrogens is 2. The summed E-state index contributed by atoms with van der Waals surface area (Å²) in [6, 6.07) is 8.11. The molecular formula is C16H21N3. The third-order valence-electron chi connectivity index (χ3n) is 4.30. The molecule has 0 bridgehead atoms. The number of nitrogens with zero attached hydrogens (tertiary/aromatic N) is 2. The molecule has 0 radical (unpaired) electrons. The first-order chi connectivity index (χ1) is 9.33. The van der Waals surface area contributed by atoms with Crippen LogP contribution in [-0.2, 0) is 0 Å². The first-order valence-corrected chi connectivity index (χ1v) is 7.28. The van der Waals surface area contributed by atoms with Gasteiger partial charge < -0.3 is 5.32 Å². The maximum atomic E-state index is 4.56. The minimum Gasteiger partial charge on any atom is -0.354 e. The highest BCUT2D eigenvalue weighted by atomic mass is 15.1. The van der Waals surface area contributed by atoms with E-state index in [2.05, 4.69) is 22.2 Å². The van der Waals surface area contributed by atoms with Crippen molar-refractivity contribution in [1.82, 2.24) is 9.97 Å². The minimum absolute atomic E-state index is 0.761. The standard InChI is InChI=1S/C16H21N3/c1-12-6-2-3-7-13(12)10-17-16-18-11-14-8-4-5-9-15(14)19-16/h4-5,8-9,11-13H,2-3,6-7,10H2,1H3,(H,17,18,19). The van der Waals surface area contributed by atoms with Gasteiger partial charge in [-0.1, -0.05) is 44.4 Å². The van der Waals surface area contributed by atoms with E-state index in [1.54, 1.807) is 0 Å². The van der Waals surface area contributed by atoms with Crippen LogP contribution < -0.4 is 5.32 Å². The summed E-state index contributed by atoms with van der Waals surface area (Å²) in [5, 5.41) is 4.51. The predicted molar refractivity (Wildman–Crippen MR) is 79.1 cm³/mol. The minimum atomic E-state index is 0.761. The summed E-state index contributed by atoms with van der Waals surface area (Å²) in [4.78, 5) is 8.96. The summed E-state index contributed by atoms with van der Waals surface area (Å²) in [5.41, 5.74) is 1.01. The first-order valence-electron chi connectivity index (χ1n) is 7.28. The van der Waals surface area contributed by atoms with Crippen molar-refractivity contribution in [1.29, 1.82) is 0 Å². The van der Waals surface area contributed by atoms with E-state index in [1.807, 2.05) is 30.5 Å². The average Bonchev–Trinajstić information content (AvgIpc) is 2.46. The van der Waals surface area contributed by atoms with Crippen LogP contribution in [0.5, 0.6) is 0 Å². The molecule has 0 amide bonds. The maximum absolute atomic E-state index is 4.56.